The van der Waals surface area contributed by atoms with Gasteiger partial charge in [0.05, 0.1) is 5.92 Å². The second-order valence-corrected chi connectivity index (χ2v) is 5.02. The average molecular weight is 238 g/mol. The van der Waals surface area contributed by atoms with Gasteiger partial charge < -0.3 is 9.52 Å². The van der Waals surface area contributed by atoms with E-state index in [0.717, 1.165) is 12.8 Å². The molecule has 0 atom stereocenters. The molecule has 94 valence electrons. The number of aromatic nitrogens is 2. The molecule has 1 aliphatic rings. The van der Waals surface area contributed by atoms with Crippen molar-refractivity contribution in [2.45, 2.75) is 51.4 Å². The van der Waals surface area contributed by atoms with Crippen molar-refractivity contribution in [1.82, 2.24) is 10.2 Å². The van der Waals surface area contributed by atoms with E-state index in [2.05, 4.69) is 10.2 Å². The highest BCUT2D eigenvalue weighted by Crippen LogP contribution is 2.35. The van der Waals surface area contributed by atoms with Crippen LogP contribution in [0.5, 0.6) is 0 Å². The van der Waals surface area contributed by atoms with Crippen LogP contribution in [0, 0.1) is 5.92 Å². The highest BCUT2D eigenvalue weighted by atomic mass is 16.4. The molecule has 0 saturated heterocycles. The molecule has 17 heavy (non-hydrogen) atoms. The zero-order valence-electron chi connectivity index (χ0n) is 10.2. The summed E-state index contributed by atoms with van der Waals surface area (Å²) in [6.07, 6.45) is 3.08. The predicted molar refractivity (Wildman–Crippen MR) is 60.7 cm³/mol. The van der Waals surface area contributed by atoms with Gasteiger partial charge >= 0.3 is 5.97 Å². The number of hydrogen-bond donors (Lipinski definition) is 1. The summed E-state index contributed by atoms with van der Waals surface area (Å²) in [4.78, 5) is 10.8. The number of carboxylic acids is 1. The molecule has 5 nitrogen and oxygen atoms in total. The fourth-order valence-electron chi connectivity index (χ4n) is 2.23. The maximum atomic E-state index is 10.8. The van der Waals surface area contributed by atoms with E-state index in [1.54, 1.807) is 0 Å². The van der Waals surface area contributed by atoms with Crippen LogP contribution < -0.4 is 0 Å². The SMILES string of the molecule is CC(C)c1nnc(C2CCC(C(=O)O)CC2)o1. The third-order valence-corrected chi connectivity index (χ3v) is 3.38. The summed E-state index contributed by atoms with van der Waals surface area (Å²) < 4.78 is 5.61. The summed E-state index contributed by atoms with van der Waals surface area (Å²) >= 11 is 0. The average Bonchev–Trinajstić information content (AvgIpc) is 2.78. The monoisotopic (exact) mass is 238 g/mol. The summed E-state index contributed by atoms with van der Waals surface area (Å²) in [7, 11) is 0. The van der Waals surface area contributed by atoms with Crippen LogP contribution in [0.3, 0.4) is 0 Å². The van der Waals surface area contributed by atoms with Crippen molar-refractivity contribution in [2.24, 2.45) is 5.92 Å². The quantitative estimate of drug-likeness (QED) is 0.875. The fourth-order valence-corrected chi connectivity index (χ4v) is 2.23. The van der Waals surface area contributed by atoms with Crippen LogP contribution in [-0.2, 0) is 4.79 Å². The minimum atomic E-state index is -0.683. The van der Waals surface area contributed by atoms with E-state index < -0.39 is 5.97 Å². The van der Waals surface area contributed by atoms with Crippen LogP contribution in [0.4, 0.5) is 0 Å². The lowest BCUT2D eigenvalue weighted by atomic mass is 9.82. The lowest BCUT2D eigenvalue weighted by molar-refractivity contribution is -0.142. The summed E-state index contributed by atoms with van der Waals surface area (Å²) in [6.45, 7) is 4.03. The Morgan fingerprint density at radius 2 is 1.94 bits per heavy atom. The summed E-state index contributed by atoms with van der Waals surface area (Å²) in [5, 5.41) is 17.0. The van der Waals surface area contributed by atoms with Gasteiger partial charge in [-0.3, -0.25) is 4.79 Å². The fraction of sp³-hybridized carbons (Fsp3) is 0.750. The van der Waals surface area contributed by atoms with Crippen molar-refractivity contribution in [1.29, 1.82) is 0 Å². The minimum Gasteiger partial charge on any atom is -0.481 e. The van der Waals surface area contributed by atoms with Gasteiger partial charge in [0.25, 0.3) is 0 Å². The second kappa shape index (κ2) is 4.85. The molecule has 0 amide bonds. The Bertz CT molecular complexity index is 392. The Kier molecular flexibility index (Phi) is 3.45. The number of aliphatic carboxylic acids is 1. The van der Waals surface area contributed by atoms with Crippen molar-refractivity contribution < 1.29 is 14.3 Å². The zero-order chi connectivity index (χ0) is 12.4. The van der Waals surface area contributed by atoms with Crippen LogP contribution in [0.15, 0.2) is 4.42 Å². The highest BCUT2D eigenvalue weighted by molar-refractivity contribution is 5.70. The van der Waals surface area contributed by atoms with Crippen LogP contribution in [0.1, 0.15) is 63.1 Å². The Hall–Kier alpha value is -1.39. The molecule has 1 fully saturated rings. The molecular formula is C12H18N2O3. The van der Waals surface area contributed by atoms with Crippen LogP contribution in [0.2, 0.25) is 0 Å². The summed E-state index contributed by atoms with van der Waals surface area (Å²) in [5.74, 6) is 0.950. The lowest BCUT2D eigenvalue weighted by Gasteiger charge is -2.23. The summed E-state index contributed by atoms with van der Waals surface area (Å²) in [6, 6.07) is 0. The van der Waals surface area contributed by atoms with Gasteiger partial charge in [-0.1, -0.05) is 13.8 Å². The van der Waals surface area contributed by atoms with E-state index in [1.807, 2.05) is 13.8 Å². The molecule has 0 aliphatic heterocycles. The van der Waals surface area contributed by atoms with E-state index in [-0.39, 0.29) is 17.8 Å². The molecule has 5 heteroatoms. The second-order valence-electron chi connectivity index (χ2n) is 5.02. The molecule has 0 bridgehead atoms. The van der Waals surface area contributed by atoms with Gasteiger partial charge in [0.1, 0.15) is 0 Å². The number of hydrogen-bond acceptors (Lipinski definition) is 4. The minimum absolute atomic E-state index is 0.196. The maximum absolute atomic E-state index is 10.8. The normalized spacial score (nSPS) is 25.1. The summed E-state index contributed by atoms with van der Waals surface area (Å²) in [5.41, 5.74) is 0. The first-order chi connectivity index (χ1) is 8.08. The van der Waals surface area contributed by atoms with Crippen molar-refractivity contribution in [3.8, 4) is 0 Å². The van der Waals surface area contributed by atoms with Gasteiger partial charge in [0.2, 0.25) is 11.8 Å². The van der Waals surface area contributed by atoms with E-state index in [1.165, 1.54) is 0 Å². The molecular weight excluding hydrogens is 220 g/mol. The van der Waals surface area contributed by atoms with Gasteiger partial charge in [-0.05, 0) is 25.7 Å². The first-order valence-corrected chi connectivity index (χ1v) is 6.14. The largest absolute Gasteiger partial charge is 0.481 e. The van der Waals surface area contributed by atoms with Crippen molar-refractivity contribution in [3.63, 3.8) is 0 Å². The van der Waals surface area contributed by atoms with Crippen molar-refractivity contribution in [2.75, 3.05) is 0 Å². The highest BCUT2D eigenvalue weighted by Gasteiger charge is 2.29. The van der Waals surface area contributed by atoms with E-state index in [0.29, 0.717) is 24.6 Å². The molecule has 1 saturated carbocycles. The molecule has 0 spiro atoms. The standard InChI is InChI=1S/C12H18N2O3/c1-7(2)10-13-14-11(17-10)8-3-5-9(6-4-8)12(15)16/h7-9H,3-6H2,1-2H3,(H,15,16). The smallest absolute Gasteiger partial charge is 0.306 e. The first kappa shape index (κ1) is 12.1. The van der Waals surface area contributed by atoms with E-state index in [9.17, 15) is 4.79 Å². The Labute approximate surface area is 100 Å². The van der Waals surface area contributed by atoms with Gasteiger partial charge in [0, 0.05) is 11.8 Å². The molecule has 1 aliphatic carbocycles. The predicted octanol–water partition coefficient (Wildman–Crippen LogP) is 2.55. The zero-order valence-corrected chi connectivity index (χ0v) is 10.2. The van der Waals surface area contributed by atoms with Crippen LogP contribution in [-0.4, -0.2) is 21.3 Å². The topological polar surface area (TPSA) is 76.2 Å². The molecule has 1 N–H and O–H groups in total. The molecule has 1 heterocycles. The van der Waals surface area contributed by atoms with Gasteiger partial charge in [-0.15, -0.1) is 10.2 Å². The Morgan fingerprint density at radius 3 is 2.41 bits per heavy atom. The number of rotatable bonds is 3. The van der Waals surface area contributed by atoms with Crippen LogP contribution >= 0.6 is 0 Å². The molecule has 0 aromatic carbocycles. The molecule has 0 radical (unpaired) electrons. The Balaban J connectivity index is 1.98. The Morgan fingerprint density at radius 1 is 1.29 bits per heavy atom. The van der Waals surface area contributed by atoms with Gasteiger partial charge in [-0.2, -0.15) is 0 Å². The molecule has 1 aromatic rings. The van der Waals surface area contributed by atoms with E-state index >= 15 is 0 Å². The van der Waals surface area contributed by atoms with Gasteiger partial charge in [0.15, 0.2) is 0 Å². The van der Waals surface area contributed by atoms with Crippen molar-refractivity contribution >= 4 is 5.97 Å². The number of carbonyl (C=O) groups is 1. The lowest BCUT2D eigenvalue weighted by Crippen LogP contribution is -2.20. The van der Waals surface area contributed by atoms with E-state index in [4.69, 9.17) is 9.52 Å². The van der Waals surface area contributed by atoms with Crippen LogP contribution in [0.25, 0.3) is 0 Å². The third-order valence-electron chi connectivity index (χ3n) is 3.38. The number of carboxylic acid groups (broad SMARTS) is 1. The molecule has 1 aromatic heterocycles. The first-order valence-electron chi connectivity index (χ1n) is 6.14. The third kappa shape index (κ3) is 2.65. The van der Waals surface area contributed by atoms with Crippen molar-refractivity contribution in [3.05, 3.63) is 11.8 Å². The maximum Gasteiger partial charge on any atom is 0.306 e. The molecule has 2 rings (SSSR count). The van der Waals surface area contributed by atoms with Gasteiger partial charge in [-0.25, -0.2) is 0 Å². The number of nitrogens with zero attached hydrogens (tertiary/aromatic N) is 2. The molecule has 0 unspecified atom stereocenters.